The van der Waals surface area contributed by atoms with Crippen molar-refractivity contribution in [2.75, 3.05) is 13.6 Å². The normalized spacial score (nSPS) is 12.5. The maximum absolute atomic E-state index is 11.5. The molecule has 1 heterocycles. The second kappa shape index (κ2) is 5.50. The molecule has 0 aliphatic heterocycles. The SMILES string of the molecule is CNCC(C)C(=O)NCc1ncoc1C. The molecule has 1 unspecified atom stereocenters. The van der Waals surface area contributed by atoms with E-state index in [4.69, 9.17) is 4.42 Å². The largest absolute Gasteiger partial charge is 0.448 e. The predicted molar refractivity (Wildman–Crippen MR) is 56.2 cm³/mol. The molecule has 0 radical (unpaired) electrons. The Morgan fingerprint density at radius 1 is 1.67 bits per heavy atom. The zero-order valence-corrected chi connectivity index (χ0v) is 9.33. The van der Waals surface area contributed by atoms with E-state index in [2.05, 4.69) is 15.6 Å². The Morgan fingerprint density at radius 3 is 2.93 bits per heavy atom. The minimum atomic E-state index is -0.0396. The summed E-state index contributed by atoms with van der Waals surface area (Å²) >= 11 is 0. The lowest BCUT2D eigenvalue weighted by Crippen LogP contribution is -2.34. The second-order valence-corrected chi connectivity index (χ2v) is 3.53. The van der Waals surface area contributed by atoms with E-state index in [1.165, 1.54) is 6.39 Å². The van der Waals surface area contributed by atoms with Gasteiger partial charge in [0.1, 0.15) is 11.5 Å². The molecule has 0 bridgehead atoms. The lowest BCUT2D eigenvalue weighted by atomic mass is 10.1. The maximum Gasteiger partial charge on any atom is 0.224 e. The van der Waals surface area contributed by atoms with Crippen molar-refractivity contribution < 1.29 is 9.21 Å². The summed E-state index contributed by atoms with van der Waals surface area (Å²) in [6.07, 6.45) is 1.38. The van der Waals surface area contributed by atoms with Crippen LogP contribution in [0, 0.1) is 12.8 Å². The van der Waals surface area contributed by atoms with Gasteiger partial charge < -0.3 is 15.1 Å². The van der Waals surface area contributed by atoms with E-state index in [0.29, 0.717) is 13.1 Å². The number of hydrogen-bond acceptors (Lipinski definition) is 4. The van der Waals surface area contributed by atoms with Crippen LogP contribution in [0.5, 0.6) is 0 Å². The lowest BCUT2D eigenvalue weighted by molar-refractivity contribution is -0.124. The summed E-state index contributed by atoms with van der Waals surface area (Å²) in [5, 5.41) is 5.77. The highest BCUT2D eigenvalue weighted by Crippen LogP contribution is 2.04. The summed E-state index contributed by atoms with van der Waals surface area (Å²) in [5.41, 5.74) is 0.778. The van der Waals surface area contributed by atoms with Crippen molar-refractivity contribution in [3.63, 3.8) is 0 Å². The van der Waals surface area contributed by atoms with E-state index in [0.717, 1.165) is 11.5 Å². The first kappa shape index (κ1) is 11.7. The molecule has 2 N–H and O–H groups in total. The number of rotatable bonds is 5. The molecule has 1 aromatic heterocycles. The molecule has 0 aromatic carbocycles. The van der Waals surface area contributed by atoms with Crippen molar-refractivity contribution in [1.82, 2.24) is 15.6 Å². The van der Waals surface area contributed by atoms with Crippen LogP contribution in [0.15, 0.2) is 10.8 Å². The smallest absolute Gasteiger partial charge is 0.224 e. The highest BCUT2D eigenvalue weighted by Gasteiger charge is 2.12. The average molecular weight is 211 g/mol. The zero-order chi connectivity index (χ0) is 11.3. The molecular formula is C10H17N3O2. The van der Waals surface area contributed by atoms with E-state index in [1.54, 1.807) is 0 Å². The molecule has 1 rings (SSSR count). The Morgan fingerprint density at radius 2 is 2.40 bits per heavy atom. The number of nitrogens with one attached hydrogen (secondary N) is 2. The van der Waals surface area contributed by atoms with Crippen molar-refractivity contribution in [3.8, 4) is 0 Å². The summed E-state index contributed by atoms with van der Waals surface area (Å²) in [6, 6.07) is 0. The van der Waals surface area contributed by atoms with Gasteiger partial charge in [-0.25, -0.2) is 4.98 Å². The van der Waals surface area contributed by atoms with Crippen LogP contribution in [0.2, 0.25) is 0 Å². The van der Waals surface area contributed by atoms with Crippen LogP contribution in [0.3, 0.4) is 0 Å². The van der Waals surface area contributed by atoms with E-state index in [1.807, 2.05) is 20.9 Å². The molecule has 0 aliphatic carbocycles. The summed E-state index contributed by atoms with van der Waals surface area (Å²) in [7, 11) is 1.82. The first-order valence-electron chi connectivity index (χ1n) is 4.96. The number of nitrogens with zero attached hydrogens (tertiary/aromatic N) is 1. The molecule has 0 saturated heterocycles. The highest BCUT2D eigenvalue weighted by molar-refractivity contribution is 5.78. The number of aryl methyl sites for hydroxylation is 1. The molecule has 0 spiro atoms. The molecule has 0 fully saturated rings. The predicted octanol–water partition coefficient (Wildman–Crippen LogP) is 0.455. The summed E-state index contributed by atoms with van der Waals surface area (Å²) in [4.78, 5) is 15.5. The monoisotopic (exact) mass is 211 g/mol. The van der Waals surface area contributed by atoms with E-state index in [-0.39, 0.29) is 11.8 Å². The minimum absolute atomic E-state index is 0.0201. The van der Waals surface area contributed by atoms with Crippen LogP contribution in [0.25, 0.3) is 0 Å². The fourth-order valence-corrected chi connectivity index (χ4v) is 1.24. The van der Waals surface area contributed by atoms with Gasteiger partial charge in [0.05, 0.1) is 6.54 Å². The topological polar surface area (TPSA) is 67.2 Å². The Hall–Kier alpha value is -1.36. The van der Waals surface area contributed by atoms with Gasteiger partial charge in [0.25, 0.3) is 0 Å². The van der Waals surface area contributed by atoms with E-state index < -0.39 is 0 Å². The number of hydrogen-bond donors (Lipinski definition) is 2. The standard InChI is InChI=1S/C10H17N3O2/c1-7(4-11-3)10(14)12-5-9-8(2)15-6-13-9/h6-7,11H,4-5H2,1-3H3,(H,12,14). The number of oxazole rings is 1. The van der Waals surface area contributed by atoms with Crippen molar-refractivity contribution in [2.45, 2.75) is 20.4 Å². The van der Waals surface area contributed by atoms with Crippen LogP contribution in [0.4, 0.5) is 0 Å². The van der Waals surface area contributed by atoms with Gasteiger partial charge in [0.15, 0.2) is 6.39 Å². The van der Waals surface area contributed by atoms with E-state index >= 15 is 0 Å². The van der Waals surface area contributed by atoms with Gasteiger partial charge in [-0.2, -0.15) is 0 Å². The molecule has 1 aromatic rings. The summed E-state index contributed by atoms with van der Waals surface area (Å²) in [6.45, 7) is 4.80. The van der Waals surface area contributed by atoms with Crippen LogP contribution >= 0.6 is 0 Å². The molecule has 5 heteroatoms. The van der Waals surface area contributed by atoms with Crippen molar-refractivity contribution >= 4 is 5.91 Å². The molecule has 84 valence electrons. The van der Waals surface area contributed by atoms with Crippen molar-refractivity contribution in [1.29, 1.82) is 0 Å². The molecule has 1 atom stereocenters. The van der Waals surface area contributed by atoms with Gasteiger partial charge in [-0.05, 0) is 14.0 Å². The Labute approximate surface area is 89.3 Å². The fourth-order valence-electron chi connectivity index (χ4n) is 1.24. The van der Waals surface area contributed by atoms with Crippen LogP contribution in [-0.4, -0.2) is 24.5 Å². The van der Waals surface area contributed by atoms with Crippen LogP contribution in [-0.2, 0) is 11.3 Å². The number of aromatic nitrogens is 1. The Bertz CT molecular complexity index is 322. The molecule has 0 aliphatic rings. The number of carbonyl (C=O) groups excluding carboxylic acids is 1. The quantitative estimate of drug-likeness (QED) is 0.742. The highest BCUT2D eigenvalue weighted by atomic mass is 16.3. The van der Waals surface area contributed by atoms with Crippen molar-refractivity contribution in [3.05, 3.63) is 17.8 Å². The third-order valence-corrected chi connectivity index (χ3v) is 2.23. The van der Waals surface area contributed by atoms with Crippen LogP contribution in [0.1, 0.15) is 18.4 Å². The van der Waals surface area contributed by atoms with Gasteiger partial charge in [0, 0.05) is 12.5 Å². The van der Waals surface area contributed by atoms with Gasteiger partial charge in [-0.1, -0.05) is 6.92 Å². The van der Waals surface area contributed by atoms with Crippen molar-refractivity contribution in [2.24, 2.45) is 5.92 Å². The van der Waals surface area contributed by atoms with Gasteiger partial charge in [0.2, 0.25) is 5.91 Å². The number of carbonyl (C=O) groups is 1. The first-order valence-corrected chi connectivity index (χ1v) is 4.96. The van der Waals surface area contributed by atoms with Gasteiger partial charge in [-0.15, -0.1) is 0 Å². The number of amides is 1. The molecule has 0 saturated carbocycles. The zero-order valence-electron chi connectivity index (χ0n) is 9.33. The van der Waals surface area contributed by atoms with Crippen LogP contribution < -0.4 is 10.6 Å². The first-order chi connectivity index (χ1) is 7.15. The third kappa shape index (κ3) is 3.36. The second-order valence-electron chi connectivity index (χ2n) is 3.53. The fraction of sp³-hybridized carbons (Fsp3) is 0.600. The minimum Gasteiger partial charge on any atom is -0.448 e. The third-order valence-electron chi connectivity index (χ3n) is 2.23. The van der Waals surface area contributed by atoms with Gasteiger partial charge in [-0.3, -0.25) is 4.79 Å². The lowest BCUT2D eigenvalue weighted by Gasteiger charge is -2.10. The molecule has 5 nitrogen and oxygen atoms in total. The van der Waals surface area contributed by atoms with E-state index in [9.17, 15) is 4.79 Å². The average Bonchev–Trinajstić information content (AvgIpc) is 2.61. The summed E-state index contributed by atoms with van der Waals surface area (Å²) in [5.74, 6) is 0.727. The molecular weight excluding hydrogens is 194 g/mol. The molecule has 1 amide bonds. The van der Waals surface area contributed by atoms with Gasteiger partial charge >= 0.3 is 0 Å². The Kier molecular flexibility index (Phi) is 4.30. The summed E-state index contributed by atoms with van der Waals surface area (Å²) < 4.78 is 5.03. The molecule has 15 heavy (non-hydrogen) atoms. The Balaban J connectivity index is 2.37. The maximum atomic E-state index is 11.5.